The van der Waals surface area contributed by atoms with Crippen LogP contribution in [0.25, 0.3) is 0 Å². The van der Waals surface area contributed by atoms with Crippen LogP contribution in [0.15, 0.2) is 42.5 Å². The van der Waals surface area contributed by atoms with Crippen molar-refractivity contribution in [3.8, 4) is 5.75 Å². The number of anilines is 1. The zero-order valence-electron chi connectivity index (χ0n) is 10.5. The molecular formula is C15H16FNO. The first-order valence-corrected chi connectivity index (χ1v) is 5.82. The molecule has 0 fully saturated rings. The second-order valence-electron chi connectivity index (χ2n) is 4.14. The summed E-state index contributed by atoms with van der Waals surface area (Å²) in [5.74, 6) is 0.611. The fourth-order valence-electron chi connectivity index (χ4n) is 1.73. The topological polar surface area (TPSA) is 21.3 Å². The molecule has 0 saturated heterocycles. The molecule has 0 spiro atoms. The van der Waals surface area contributed by atoms with Crippen LogP contribution in [0.3, 0.4) is 0 Å². The molecule has 2 nitrogen and oxygen atoms in total. The van der Waals surface area contributed by atoms with E-state index in [4.69, 9.17) is 4.74 Å². The Hall–Kier alpha value is -2.03. The van der Waals surface area contributed by atoms with E-state index < -0.39 is 0 Å². The van der Waals surface area contributed by atoms with Gasteiger partial charge in [-0.3, -0.25) is 0 Å². The Morgan fingerprint density at radius 1 is 1.17 bits per heavy atom. The lowest BCUT2D eigenvalue weighted by Crippen LogP contribution is -2.01. The molecule has 0 amide bonds. The van der Waals surface area contributed by atoms with Crippen LogP contribution >= 0.6 is 0 Å². The summed E-state index contributed by atoms with van der Waals surface area (Å²) < 4.78 is 18.6. The van der Waals surface area contributed by atoms with Gasteiger partial charge in [0.05, 0.1) is 12.8 Å². The third-order valence-corrected chi connectivity index (χ3v) is 2.83. The first-order chi connectivity index (χ1) is 8.70. The van der Waals surface area contributed by atoms with E-state index in [-0.39, 0.29) is 5.82 Å². The van der Waals surface area contributed by atoms with Crippen LogP contribution in [0.2, 0.25) is 0 Å². The van der Waals surface area contributed by atoms with E-state index in [0.717, 1.165) is 17.0 Å². The number of rotatable bonds is 4. The highest BCUT2D eigenvalue weighted by molar-refractivity contribution is 5.56. The second-order valence-corrected chi connectivity index (χ2v) is 4.14. The number of methoxy groups -OCH3 is 1. The fourth-order valence-corrected chi connectivity index (χ4v) is 1.73. The molecule has 0 aliphatic carbocycles. The van der Waals surface area contributed by atoms with Gasteiger partial charge < -0.3 is 10.1 Å². The summed E-state index contributed by atoms with van der Waals surface area (Å²) in [5, 5.41) is 3.24. The van der Waals surface area contributed by atoms with E-state index in [2.05, 4.69) is 5.32 Å². The van der Waals surface area contributed by atoms with Gasteiger partial charge in [0.2, 0.25) is 0 Å². The van der Waals surface area contributed by atoms with Crippen LogP contribution in [0.5, 0.6) is 5.75 Å². The molecule has 2 aromatic rings. The monoisotopic (exact) mass is 245 g/mol. The number of halogens is 1. The lowest BCUT2D eigenvalue weighted by Gasteiger charge is -2.11. The van der Waals surface area contributed by atoms with E-state index in [1.165, 1.54) is 0 Å². The van der Waals surface area contributed by atoms with Crippen molar-refractivity contribution in [1.82, 2.24) is 0 Å². The highest BCUT2D eigenvalue weighted by Gasteiger charge is 2.02. The van der Waals surface area contributed by atoms with Crippen molar-refractivity contribution >= 4 is 5.69 Å². The van der Waals surface area contributed by atoms with Gasteiger partial charge in [-0.1, -0.05) is 24.3 Å². The molecule has 0 saturated carbocycles. The molecule has 0 unspecified atom stereocenters. The first-order valence-electron chi connectivity index (χ1n) is 5.82. The average Bonchev–Trinajstić information content (AvgIpc) is 2.40. The highest BCUT2D eigenvalue weighted by atomic mass is 19.1. The van der Waals surface area contributed by atoms with Gasteiger partial charge in [0.25, 0.3) is 0 Å². The molecule has 0 aliphatic rings. The van der Waals surface area contributed by atoms with E-state index in [0.29, 0.717) is 12.1 Å². The molecule has 0 aromatic heterocycles. The third-order valence-electron chi connectivity index (χ3n) is 2.83. The molecule has 3 heteroatoms. The molecule has 0 bridgehead atoms. The molecule has 94 valence electrons. The lowest BCUT2D eigenvalue weighted by atomic mass is 10.1. The van der Waals surface area contributed by atoms with E-state index in [9.17, 15) is 4.39 Å². The second kappa shape index (κ2) is 5.54. The van der Waals surface area contributed by atoms with Gasteiger partial charge >= 0.3 is 0 Å². The maximum Gasteiger partial charge on any atom is 0.141 e. The van der Waals surface area contributed by atoms with Crippen molar-refractivity contribution in [3.63, 3.8) is 0 Å². The minimum Gasteiger partial charge on any atom is -0.495 e. The van der Waals surface area contributed by atoms with Crippen LogP contribution in [0, 0.1) is 12.7 Å². The van der Waals surface area contributed by atoms with Crippen molar-refractivity contribution in [1.29, 1.82) is 0 Å². The van der Waals surface area contributed by atoms with Gasteiger partial charge in [0.15, 0.2) is 0 Å². The predicted molar refractivity (Wildman–Crippen MR) is 71.5 cm³/mol. The highest BCUT2D eigenvalue weighted by Crippen LogP contribution is 2.23. The number of hydrogen-bond acceptors (Lipinski definition) is 2. The molecule has 2 rings (SSSR count). The lowest BCUT2D eigenvalue weighted by molar-refractivity contribution is 0.416. The summed E-state index contributed by atoms with van der Waals surface area (Å²) in [6.07, 6.45) is 0. The largest absolute Gasteiger partial charge is 0.495 e. The number of aryl methyl sites for hydroxylation is 1. The summed E-state index contributed by atoms with van der Waals surface area (Å²) in [6.45, 7) is 2.32. The standard InChI is InChI=1S/C15H16FNO/c1-11-7-8-12(9-13(11)16)10-17-14-5-3-4-6-15(14)18-2/h3-9,17H,10H2,1-2H3. The van der Waals surface area contributed by atoms with Crippen molar-refractivity contribution < 1.29 is 9.13 Å². The van der Waals surface area contributed by atoms with Crippen LogP contribution in [-0.4, -0.2) is 7.11 Å². The van der Waals surface area contributed by atoms with Crippen LogP contribution in [0.1, 0.15) is 11.1 Å². The third kappa shape index (κ3) is 2.80. The minimum atomic E-state index is -0.172. The summed E-state index contributed by atoms with van der Waals surface area (Å²) >= 11 is 0. The zero-order chi connectivity index (χ0) is 13.0. The van der Waals surface area contributed by atoms with E-state index in [1.807, 2.05) is 30.3 Å². The molecule has 0 radical (unpaired) electrons. The van der Waals surface area contributed by atoms with Gasteiger partial charge in [-0.05, 0) is 36.2 Å². The van der Waals surface area contributed by atoms with Crippen LogP contribution in [-0.2, 0) is 6.54 Å². The molecule has 0 aliphatic heterocycles. The molecule has 0 atom stereocenters. The number of benzene rings is 2. The number of hydrogen-bond donors (Lipinski definition) is 1. The summed E-state index contributed by atoms with van der Waals surface area (Å²) in [5.41, 5.74) is 2.47. The van der Waals surface area contributed by atoms with E-state index >= 15 is 0 Å². The number of nitrogens with one attached hydrogen (secondary N) is 1. The Morgan fingerprint density at radius 3 is 2.67 bits per heavy atom. The van der Waals surface area contributed by atoms with Gasteiger partial charge in [-0.25, -0.2) is 4.39 Å². The van der Waals surface area contributed by atoms with Crippen molar-refractivity contribution in [2.24, 2.45) is 0 Å². The number of para-hydroxylation sites is 2. The number of ether oxygens (including phenoxy) is 1. The van der Waals surface area contributed by atoms with Gasteiger partial charge in [-0.2, -0.15) is 0 Å². The SMILES string of the molecule is COc1ccccc1NCc1ccc(C)c(F)c1. The molecule has 18 heavy (non-hydrogen) atoms. The van der Waals surface area contributed by atoms with Gasteiger partial charge in [-0.15, -0.1) is 0 Å². The van der Waals surface area contributed by atoms with Crippen molar-refractivity contribution in [2.75, 3.05) is 12.4 Å². The Kier molecular flexibility index (Phi) is 3.82. The maximum absolute atomic E-state index is 13.4. The van der Waals surface area contributed by atoms with Gasteiger partial charge in [0, 0.05) is 6.54 Å². The zero-order valence-corrected chi connectivity index (χ0v) is 10.5. The Balaban J connectivity index is 2.09. The summed E-state index contributed by atoms with van der Waals surface area (Å²) in [6, 6.07) is 12.9. The molecular weight excluding hydrogens is 229 g/mol. The molecule has 2 aromatic carbocycles. The van der Waals surface area contributed by atoms with Crippen LogP contribution in [0.4, 0.5) is 10.1 Å². The summed E-state index contributed by atoms with van der Waals surface area (Å²) in [4.78, 5) is 0. The summed E-state index contributed by atoms with van der Waals surface area (Å²) in [7, 11) is 1.63. The quantitative estimate of drug-likeness (QED) is 0.885. The van der Waals surface area contributed by atoms with Crippen LogP contribution < -0.4 is 10.1 Å². The maximum atomic E-state index is 13.4. The van der Waals surface area contributed by atoms with Crippen molar-refractivity contribution in [2.45, 2.75) is 13.5 Å². The molecule has 1 N–H and O–H groups in total. The predicted octanol–water partition coefficient (Wildman–Crippen LogP) is 3.75. The average molecular weight is 245 g/mol. The fraction of sp³-hybridized carbons (Fsp3) is 0.200. The minimum absolute atomic E-state index is 0.172. The Labute approximate surface area is 106 Å². The van der Waals surface area contributed by atoms with Crippen molar-refractivity contribution in [3.05, 3.63) is 59.4 Å². The first kappa shape index (κ1) is 12.4. The van der Waals surface area contributed by atoms with Gasteiger partial charge in [0.1, 0.15) is 11.6 Å². The molecule has 0 heterocycles. The Morgan fingerprint density at radius 2 is 1.94 bits per heavy atom. The normalized spacial score (nSPS) is 10.2. The Bertz CT molecular complexity index is 540. The smallest absolute Gasteiger partial charge is 0.141 e. The van der Waals surface area contributed by atoms with E-state index in [1.54, 1.807) is 26.2 Å².